The normalized spacial score (nSPS) is 12.4. The lowest BCUT2D eigenvalue weighted by atomic mass is 10.2. The largest absolute Gasteiger partial charge is 0.573 e. The van der Waals surface area contributed by atoms with Crippen molar-refractivity contribution in [2.24, 2.45) is 10.7 Å². The number of hydrogen-bond acceptors (Lipinski definition) is 3. The first-order chi connectivity index (χ1) is 11.9. The maximum Gasteiger partial charge on any atom is 0.573 e. The Morgan fingerprint density at radius 3 is 2.52 bits per heavy atom. The summed E-state index contributed by atoms with van der Waals surface area (Å²) in [6, 6.07) is 14.6. The van der Waals surface area contributed by atoms with Crippen LogP contribution in [0.3, 0.4) is 0 Å². The van der Waals surface area contributed by atoms with E-state index in [4.69, 9.17) is 10.2 Å². The van der Waals surface area contributed by atoms with Crippen molar-refractivity contribution in [3.8, 4) is 5.75 Å². The number of hydrogen-bond donors (Lipinski definition) is 2. The molecule has 0 unspecified atom stereocenters. The van der Waals surface area contributed by atoms with Crippen molar-refractivity contribution >= 4 is 22.6 Å². The predicted molar refractivity (Wildman–Crippen MR) is 88.3 cm³/mol. The Kier molecular flexibility index (Phi) is 4.51. The molecular weight excluding hydrogens is 335 g/mol. The summed E-state index contributed by atoms with van der Waals surface area (Å²) < 4.78 is 45.7. The van der Waals surface area contributed by atoms with E-state index in [1.54, 1.807) is 0 Å². The van der Waals surface area contributed by atoms with Crippen LogP contribution in [-0.2, 0) is 6.54 Å². The Bertz CT molecular complexity index is 853. The lowest BCUT2D eigenvalue weighted by Crippen LogP contribution is -2.22. The van der Waals surface area contributed by atoms with Crippen LogP contribution in [0.4, 0.5) is 18.9 Å². The Morgan fingerprint density at radius 1 is 1.12 bits per heavy atom. The van der Waals surface area contributed by atoms with Crippen LogP contribution in [0.2, 0.25) is 0 Å². The summed E-state index contributed by atoms with van der Waals surface area (Å²) in [6.07, 6.45) is -4.72. The molecule has 0 aliphatic heterocycles. The zero-order valence-electron chi connectivity index (χ0n) is 12.9. The second-order valence-corrected chi connectivity index (χ2v) is 5.15. The van der Waals surface area contributed by atoms with Crippen LogP contribution in [-0.4, -0.2) is 12.3 Å². The Balaban J connectivity index is 1.61. The zero-order chi connectivity index (χ0) is 17.9. The third-order valence-corrected chi connectivity index (χ3v) is 3.24. The molecule has 25 heavy (non-hydrogen) atoms. The van der Waals surface area contributed by atoms with E-state index >= 15 is 0 Å². The van der Waals surface area contributed by atoms with E-state index in [-0.39, 0.29) is 18.3 Å². The van der Waals surface area contributed by atoms with Gasteiger partial charge < -0.3 is 20.2 Å². The highest BCUT2D eigenvalue weighted by Crippen LogP contribution is 2.24. The molecule has 5 nitrogen and oxygen atoms in total. The van der Waals surface area contributed by atoms with Crippen molar-refractivity contribution in [2.45, 2.75) is 12.9 Å². The van der Waals surface area contributed by atoms with E-state index in [1.165, 1.54) is 24.3 Å². The van der Waals surface area contributed by atoms with E-state index in [0.717, 1.165) is 11.0 Å². The number of nitrogens with zero attached hydrogens (tertiary/aromatic N) is 1. The molecule has 0 amide bonds. The summed E-state index contributed by atoms with van der Waals surface area (Å²) in [4.78, 5) is 4.15. The second kappa shape index (κ2) is 6.76. The van der Waals surface area contributed by atoms with Gasteiger partial charge in [-0.3, -0.25) is 0 Å². The molecule has 0 radical (unpaired) electrons. The Hall–Kier alpha value is -3.16. The number of aliphatic imine (C=N–C) groups is 1. The topological polar surface area (TPSA) is 72.8 Å². The van der Waals surface area contributed by atoms with Crippen molar-refractivity contribution in [2.75, 3.05) is 5.32 Å². The summed E-state index contributed by atoms with van der Waals surface area (Å²) >= 11 is 0. The fourth-order valence-corrected chi connectivity index (χ4v) is 2.21. The van der Waals surface area contributed by atoms with Crippen LogP contribution in [0.5, 0.6) is 5.75 Å². The predicted octanol–water partition coefficient (Wildman–Crippen LogP) is 4.26. The number of guanidine groups is 1. The molecule has 3 rings (SSSR count). The first kappa shape index (κ1) is 16.7. The van der Waals surface area contributed by atoms with Gasteiger partial charge in [0.1, 0.15) is 23.6 Å². The highest BCUT2D eigenvalue weighted by atomic mass is 19.4. The number of halogens is 3. The van der Waals surface area contributed by atoms with E-state index in [1.807, 2.05) is 30.3 Å². The van der Waals surface area contributed by atoms with Gasteiger partial charge in [0.15, 0.2) is 5.96 Å². The molecular formula is C17H14F3N3O2. The van der Waals surface area contributed by atoms with Gasteiger partial charge in [-0.15, -0.1) is 13.2 Å². The Labute approximate surface area is 140 Å². The number of para-hydroxylation sites is 1. The lowest BCUT2D eigenvalue weighted by Gasteiger charge is -2.10. The number of nitrogens with one attached hydrogen (secondary N) is 1. The third kappa shape index (κ3) is 4.66. The van der Waals surface area contributed by atoms with E-state index in [9.17, 15) is 13.2 Å². The molecule has 1 heterocycles. The number of rotatable bonds is 4. The van der Waals surface area contributed by atoms with Gasteiger partial charge >= 0.3 is 6.36 Å². The van der Waals surface area contributed by atoms with Crippen molar-refractivity contribution < 1.29 is 22.3 Å². The summed E-state index contributed by atoms with van der Waals surface area (Å²) in [5.74, 6) is 0.459. The SMILES string of the molecule is NC(=NCc1cc2ccccc2o1)Nc1ccc(OC(F)(F)F)cc1. The van der Waals surface area contributed by atoms with Crippen LogP contribution >= 0.6 is 0 Å². The van der Waals surface area contributed by atoms with Gasteiger partial charge in [-0.2, -0.15) is 0 Å². The van der Waals surface area contributed by atoms with Crippen molar-refractivity contribution in [3.05, 3.63) is 60.4 Å². The molecule has 0 atom stereocenters. The van der Waals surface area contributed by atoms with E-state index in [2.05, 4.69) is 15.0 Å². The molecule has 130 valence electrons. The first-order valence-electron chi connectivity index (χ1n) is 7.29. The van der Waals surface area contributed by atoms with Gasteiger partial charge in [-0.1, -0.05) is 18.2 Å². The quantitative estimate of drug-likeness (QED) is 0.545. The molecule has 3 N–H and O–H groups in total. The highest BCUT2D eigenvalue weighted by molar-refractivity contribution is 5.92. The van der Waals surface area contributed by atoms with E-state index in [0.29, 0.717) is 11.4 Å². The molecule has 0 aliphatic rings. The zero-order valence-corrected chi connectivity index (χ0v) is 12.9. The molecule has 3 aromatic rings. The molecule has 0 fully saturated rings. The van der Waals surface area contributed by atoms with Crippen molar-refractivity contribution in [1.82, 2.24) is 0 Å². The first-order valence-corrected chi connectivity index (χ1v) is 7.29. The summed E-state index contributed by atoms with van der Waals surface area (Å²) in [6.45, 7) is 0.239. The Morgan fingerprint density at radius 2 is 1.84 bits per heavy atom. The molecule has 0 aliphatic carbocycles. The smallest absolute Gasteiger partial charge is 0.459 e. The van der Waals surface area contributed by atoms with Crippen LogP contribution in [0, 0.1) is 0 Å². The minimum absolute atomic E-state index is 0.116. The maximum atomic E-state index is 12.1. The van der Waals surface area contributed by atoms with Gasteiger partial charge in [-0.05, 0) is 36.4 Å². The van der Waals surface area contributed by atoms with Crippen LogP contribution in [0.1, 0.15) is 5.76 Å². The molecule has 0 saturated heterocycles. The average molecular weight is 349 g/mol. The lowest BCUT2D eigenvalue weighted by molar-refractivity contribution is -0.274. The fraction of sp³-hybridized carbons (Fsp3) is 0.118. The summed E-state index contributed by atoms with van der Waals surface area (Å²) in [7, 11) is 0. The minimum atomic E-state index is -4.72. The molecule has 1 aromatic heterocycles. The number of alkyl halides is 3. The number of benzene rings is 2. The monoisotopic (exact) mass is 349 g/mol. The summed E-state index contributed by atoms with van der Waals surface area (Å²) in [5, 5.41) is 3.76. The fourth-order valence-electron chi connectivity index (χ4n) is 2.21. The third-order valence-electron chi connectivity index (χ3n) is 3.24. The molecule has 0 saturated carbocycles. The van der Waals surface area contributed by atoms with E-state index < -0.39 is 6.36 Å². The van der Waals surface area contributed by atoms with Crippen molar-refractivity contribution in [1.29, 1.82) is 0 Å². The van der Waals surface area contributed by atoms with Gasteiger partial charge in [0.2, 0.25) is 0 Å². The number of anilines is 1. The number of ether oxygens (including phenoxy) is 1. The molecule has 2 aromatic carbocycles. The standard InChI is InChI=1S/C17H14F3N3O2/c18-17(19,20)25-13-7-5-12(6-8-13)23-16(21)22-10-14-9-11-3-1-2-4-15(11)24-14/h1-9H,10H2,(H3,21,22,23). The van der Waals surface area contributed by atoms with Gasteiger partial charge in [0.05, 0.1) is 0 Å². The second-order valence-electron chi connectivity index (χ2n) is 5.15. The molecule has 0 spiro atoms. The minimum Gasteiger partial charge on any atom is -0.459 e. The van der Waals surface area contributed by atoms with Crippen LogP contribution in [0.25, 0.3) is 11.0 Å². The number of nitrogens with two attached hydrogens (primary N) is 1. The number of furan rings is 1. The van der Waals surface area contributed by atoms with Crippen LogP contribution in [0.15, 0.2) is 64.0 Å². The molecule has 8 heteroatoms. The van der Waals surface area contributed by atoms with Crippen LogP contribution < -0.4 is 15.8 Å². The highest BCUT2D eigenvalue weighted by Gasteiger charge is 2.30. The van der Waals surface area contributed by atoms with Gasteiger partial charge in [-0.25, -0.2) is 4.99 Å². The van der Waals surface area contributed by atoms with Gasteiger partial charge in [0, 0.05) is 11.1 Å². The maximum absolute atomic E-state index is 12.1. The van der Waals surface area contributed by atoms with Gasteiger partial charge in [0.25, 0.3) is 0 Å². The van der Waals surface area contributed by atoms with Crippen molar-refractivity contribution in [3.63, 3.8) is 0 Å². The molecule has 0 bridgehead atoms. The summed E-state index contributed by atoms with van der Waals surface area (Å²) in [5.41, 5.74) is 7.02. The number of fused-ring (bicyclic) bond motifs is 1. The average Bonchev–Trinajstić information content (AvgIpc) is 2.96.